The normalized spacial score (nSPS) is 17.0. The Hall–Kier alpha value is -2.40. The monoisotopic (exact) mass is 367 g/mol. The standard InChI is InChI=1S/C22H29N3O2/c1-24(14-12-18-7-4-3-5-8-18)21-11-10-20(15-23-21)22(26)25-13-6-9-19(16-25)17-27-2/h3-5,7-8,10-11,15,19H,6,9,12-14,16-17H2,1-2H3/t19-/m0/s1. The van der Waals surface area contributed by atoms with E-state index in [2.05, 4.69) is 34.1 Å². The van der Waals surface area contributed by atoms with Crippen molar-refractivity contribution in [2.24, 2.45) is 5.92 Å². The molecule has 0 saturated carbocycles. The molecule has 1 aliphatic rings. The fourth-order valence-electron chi connectivity index (χ4n) is 3.60. The van der Waals surface area contributed by atoms with Gasteiger partial charge in [0.05, 0.1) is 12.2 Å². The summed E-state index contributed by atoms with van der Waals surface area (Å²) in [6.45, 7) is 3.19. The van der Waals surface area contributed by atoms with Crippen molar-refractivity contribution >= 4 is 11.7 Å². The molecule has 1 saturated heterocycles. The predicted molar refractivity (Wildman–Crippen MR) is 108 cm³/mol. The number of likely N-dealkylation sites (N-methyl/N-ethyl adjacent to an activating group) is 1. The fourth-order valence-corrected chi connectivity index (χ4v) is 3.60. The lowest BCUT2D eigenvalue weighted by molar-refractivity contribution is 0.0570. The fraction of sp³-hybridized carbons (Fsp3) is 0.455. The number of anilines is 1. The molecular formula is C22H29N3O2. The molecule has 5 nitrogen and oxygen atoms in total. The predicted octanol–water partition coefficient (Wildman–Crippen LogP) is 3.26. The first-order valence-electron chi connectivity index (χ1n) is 9.66. The van der Waals surface area contributed by atoms with Crippen LogP contribution in [0, 0.1) is 5.92 Å². The molecule has 27 heavy (non-hydrogen) atoms. The highest BCUT2D eigenvalue weighted by Crippen LogP contribution is 2.19. The third kappa shape index (κ3) is 5.30. The molecule has 1 aromatic heterocycles. The highest BCUT2D eigenvalue weighted by Gasteiger charge is 2.24. The maximum Gasteiger partial charge on any atom is 0.255 e. The first kappa shape index (κ1) is 19.4. The molecule has 1 amide bonds. The summed E-state index contributed by atoms with van der Waals surface area (Å²) in [5, 5.41) is 0. The summed E-state index contributed by atoms with van der Waals surface area (Å²) in [6, 6.07) is 14.3. The topological polar surface area (TPSA) is 45.7 Å². The number of hydrogen-bond donors (Lipinski definition) is 0. The maximum absolute atomic E-state index is 12.8. The van der Waals surface area contributed by atoms with Gasteiger partial charge < -0.3 is 14.5 Å². The van der Waals surface area contributed by atoms with Gasteiger partial charge >= 0.3 is 0 Å². The Morgan fingerprint density at radius 1 is 1.26 bits per heavy atom. The summed E-state index contributed by atoms with van der Waals surface area (Å²) in [5.41, 5.74) is 1.97. The van der Waals surface area contributed by atoms with Crippen LogP contribution in [0.3, 0.4) is 0 Å². The number of benzene rings is 1. The zero-order valence-corrected chi connectivity index (χ0v) is 16.3. The van der Waals surface area contributed by atoms with Gasteiger partial charge in [0, 0.05) is 40.0 Å². The number of pyridine rings is 1. The zero-order chi connectivity index (χ0) is 19.1. The van der Waals surface area contributed by atoms with E-state index in [1.165, 1.54) is 5.56 Å². The van der Waals surface area contributed by atoms with Gasteiger partial charge in [-0.3, -0.25) is 4.79 Å². The number of ether oxygens (including phenoxy) is 1. The smallest absolute Gasteiger partial charge is 0.255 e. The van der Waals surface area contributed by atoms with Crippen molar-refractivity contribution in [1.82, 2.24) is 9.88 Å². The van der Waals surface area contributed by atoms with Crippen LogP contribution in [-0.4, -0.2) is 56.2 Å². The molecule has 1 atom stereocenters. The van der Waals surface area contributed by atoms with Gasteiger partial charge in [-0.15, -0.1) is 0 Å². The molecule has 2 heterocycles. The van der Waals surface area contributed by atoms with Gasteiger partial charge in [-0.05, 0) is 42.9 Å². The summed E-state index contributed by atoms with van der Waals surface area (Å²) in [6.07, 6.45) is 4.83. The SMILES string of the molecule is COC[C@H]1CCCN(C(=O)c2ccc(N(C)CCc3ccccc3)nc2)C1. The van der Waals surface area contributed by atoms with Crippen molar-refractivity contribution in [2.75, 3.05) is 45.3 Å². The molecule has 0 bridgehead atoms. The molecule has 144 valence electrons. The lowest BCUT2D eigenvalue weighted by Crippen LogP contribution is -2.41. The number of piperidine rings is 1. The molecule has 1 fully saturated rings. The quantitative estimate of drug-likeness (QED) is 0.754. The Morgan fingerprint density at radius 2 is 2.07 bits per heavy atom. The highest BCUT2D eigenvalue weighted by molar-refractivity contribution is 5.94. The molecule has 2 aromatic rings. The van der Waals surface area contributed by atoms with Crippen molar-refractivity contribution in [1.29, 1.82) is 0 Å². The van der Waals surface area contributed by atoms with Crippen LogP contribution in [0.5, 0.6) is 0 Å². The molecule has 0 radical (unpaired) electrons. The Balaban J connectivity index is 1.56. The van der Waals surface area contributed by atoms with Crippen molar-refractivity contribution in [3.05, 3.63) is 59.8 Å². The molecule has 0 N–H and O–H groups in total. The average molecular weight is 367 g/mol. The second kappa shape index (κ2) is 9.51. The van der Waals surface area contributed by atoms with Crippen LogP contribution < -0.4 is 4.90 Å². The summed E-state index contributed by atoms with van der Waals surface area (Å²) in [4.78, 5) is 21.3. The van der Waals surface area contributed by atoms with Crippen LogP contribution in [0.2, 0.25) is 0 Å². The third-order valence-corrected chi connectivity index (χ3v) is 5.17. The number of aromatic nitrogens is 1. The number of likely N-dealkylation sites (tertiary alicyclic amines) is 1. The molecule has 3 rings (SSSR count). The average Bonchev–Trinajstić information content (AvgIpc) is 2.73. The van der Waals surface area contributed by atoms with Gasteiger partial charge in [0.2, 0.25) is 0 Å². The second-order valence-electron chi connectivity index (χ2n) is 7.28. The summed E-state index contributed by atoms with van der Waals surface area (Å²) < 4.78 is 5.26. The van der Waals surface area contributed by atoms with Crippen molar-refractivity contribution in [3.63, 3.8) is 0 Å². The number of methoxy groups -OCH3 is 1. The molecular weight excluding hydrogens is 338 g/mol. The van der Waals surface area contributed by atoms with Crippen molar-refractivity contribution in [2.45, 2.75) is 19.3 Å². The number of hydrogen-bond acceptors (Lipinski definition) is 4. The largest absolute Gasteiger partial charge is 0.384 e. The van der Waals surface area contributed by atoms with E-state index in [0.717, 1.165) is 44.7 Å². The van der Waals surface area contributed by atoms with Gasteiger partial charge in [-0.2, -0.15) is 0 Å². The second-order valence-corrected chi connectivity index (χ2v) is 7.28. The van der Waals surface area contributed by atoms with Crippen LogP contribution in [-0.2, 0) is 11.2 Å². The lowest BCUT2D eigenvalue weighted by atomic mass is 9.98. The Labute approximate surface area is 162 Å². The van der Waals surface area contributed by atoms with E-state index in [0.29, 0.717) is 18.1 Å². The Morgan fingerprint density at radius 3 is 2.78 bits per heavy atom. The molecule has 0 spiro atoms. The van der Waals surface area contributed by atoms with E-state index < -0.39 is 0 Å². The lowest BCUT2D eigenvalue weighted by Gasteiger charge is -2.32. The maximum atomic E-state index is 12.8. The van der Waals surface area contributed by atoms with Crippen molar-refractivity contribution in [3.8, 4) is 0 Å². The van der Waals surface area contributed by atoms with E-state index in [1.54, 1.807) is 13.3 Å². The van der Waals surface area contributed by atoms with Gasteiger partial charge in [0.25, 0.3) is 5.91 Å². The minimum absolute atomic E-state index is 0.0711. The number of amides is 1. The summed E-state index contributed by atoms with van der Waals surface area (Å²) >= 11 is 0. The van der Waals surface area contributed by atoms with Crippen LogP contribution >= 0.6 is 0 Å². The number of carbonyl (C=O) groups excluding carboxylic acids is 1. The molecule has 0 aliphatic carbocycles. The zero-order valence-electron chi connectivity index (χ0n) is 16.3. The van der Waals surface area contributed by atoms with E-state index in [4.69, 9.17) is 4.74 Å². The molecule has 1 aromatic carbocycles. The first-order valence-corrected chi connectivity index (χ1v) is 9.66. The van der Waals surface area contributed by atoms with E-state index in [1.807, 2.05) is 30.1 Å². The van der Waals surface area contributed by atoms with E-state index in [-0.39, 0.29) is 5.91 Å². The number of carbonyl (C=O) groups is 1. The Bertz CT molecular complexity index is 716. The minimum atomic E-state index is 0.0711. The molecule has 5 heteroatoms. The van der Waals surface area contributed by atoms with Gasteiger partial charge in [-0.25, -0.2) is 4.98 Å². The summed E-state index contributed by atoms with van der Waals surface area (Å²) in [7, 11) is 3.75. The van der Waals surface area contributed by atoms with Gasteiger partial charge in [0.1, 0.15) is 5.82 Å². The van der Waals surface area contributed by atoms with Crippen LogP contribution in [0.4, 0.5) is 5.82 Å². The minimum Gasteiger partial charge on any atom is -0.384 e. The van der Waals surface area contributed by atoms with Crippen molar-refractivity contribution < 1.29 is 9.53 Å². The van der Waals surface area contributed by atoms with Gasteiger partial charge in [0.15, 0.2) is 0 Å². The van der Waals surface area contributed by atoms with Crippen LogP contribution in [0.15, 0.2) is 48.7 Å². The van der Waals surface area contributed by atoms with E-state index >= 15 is 0 Å². The number of nitrogens with zero attached hydrogens (tertiary/aromatic N) is 3. The van der Waals surface area contributed by atoms with Gasteiger partial charge in [-0.1, -0.05) is 30.3 Å². The summed E-state index contributed by atoms with van der Waals surface area (Å²) in [5.74, 6) is 1.39. The van der Waals surface area contributed by atoms with Crippen LogP contribution in [0.1, 0.15) is 28.8 Å². The highest BCUT2D eigenvalue weighted by atomic mass is 16.5. The molecule has 1 aliphatic heterocycles. The third-order valence-electron chi connectivity index (χ3n) is 5.17. The molecule has 0 unspecified atom stereocenters. The van der Waals surface area contributed by atoms with E-state index in [9.17, 15) is 4.79 Å². The number of rotatable bonds is 7. The Kier molecular flexibility index (Phi) is 6.82. The first-order chi connectivity index (χ1) is 13.2. The van der Waals surface area contributed by atoms with Crippen LogP contribution in [0.25, 0.3) is 0 Å².